The van der Waals surface area contributed by atoms with Gasteiger partial charge in [-0.3, -0.25) is 14.5 Å². The molecule has 0 bridgehead atoms. The second kappa shape index (κ2) is 11.2. The van der Waals surface area contributed by atoms with E-state index in [2.05, 4.69) is 13.8 Å². The number of ether oxygens (including phenoxy) is 2. The average Bonchev–Trinajstić information content (AvgIpc) is 3.41. The van der Waals surface area contributed by atoms with Crippen LogP contribution in [0.4, 0.5) is 0 Å². The van der Waals surface area contributed by atoms with Crippen molar-refractivity contribution in [2.75, 3.05) is 39.6 Å². The minimum atomic E-state index is -1.01. The Morgan fingerprint density at radius 3 is 2.36 bits per heavy atom. The first-order chi connectivity index (χ1) is 15.9. The number of aliphatic hydroxyl groups excluding tert-OH is 1. The number of aliphatic carboxylic acids is 1. The highest BCUT2D eigenvalue weighted by Gasteiger charge is 2.56. The quantitative estimate of drug-likeness (QED) is 0.492. The van der Waals surface area contributed by atoms with Crippen LogP contribution in [0.1, 0.15) is 64.4 Å². The number of likely N-dealkylation sites (tertiary alicyclic amines) is 1. The van der Waals surface area contributed by atoms with Crippen molar-refractivity contribution in [3.05, 3.63) is 23.8 Å². The molecule has 2 heterocycles. The molecule has 1 aromatic rings. The second-order valence-electron chi connectivity index (χ2n) is 9.12. The first-order valence-electron chi connectivity index (χ1n) is 12.2. The van der Waals surface area contributed by atoms with Gasteiger partial charge < -0.3 is 24.6 Å². The number of rotatable bonds is 12. The van der Waals surface area contributed by atoms with Crippen LogP contribution in [0.5, 0.6) is 11.5 Å². The number of carboxylic acid groups (broad SMARTS) is 1. The van der Waals surface area contributed by atoms with Crippen LogP contribution in [0.15, 0.2) is 18.2 Å². The Morgan fingerprint density at radius 2 is 1.79 bits per heavy atom. The molecule has 3 unspecified atom stereocenters. The highest BCUT2D eigenvalue weighted by Crippen LogP contribution is 2.47. The van der Waals surface area contributed by atoms with Gasteiger partial charge in [-0.15, -0.1) is 0 Å². The first-order valence-corrected chi connectivity index (χ1v) is 12.2. The number of hydrogen-bond donors (Lipinski definition) is 2. The maximum absolute atomic E-state index is 13.3. The van der Waals surface area contributed by atoms with Gasteiger partial charge in [0.05, 0.1) is 24.6 Å². The fourth-order valence-electron chi connectivity index (χ4n) is 5.24. The molecule has 1 fully saturated rings. The summed E-state index contributed by atoms with van der Waals surface area (Å²) >= 11 is 0. The first kappa shape index (κ1) is 25.3. The molecule has 0 aliphatic carbocycles. The van der Waals surface area contributed by atoms with Crippen LogP contribution in [-0.2, 0) is 9.59 Å². The molecule has 0 saturated carbocycles. The van der Waals surface area contributed by atoms with E-state index >= 15 is 0 Å². The molecule has 2 aliphatic rings. The van der Waals surface area contributed by atoms with E-state index in [0.29, 0.717) is 37.6 Å². The number of fused-ring (bicyclic) bond motifs is 1. The summed E-state index contributed by atoms with van der Waals surface area (Å²) in [6.45, 7) is 7.81. The van der Waals surface area contributed by atoms with E-state index in [0.717, 1.165) is 31.2 Å². The molecule has 184 valence electrons. The Morgan fingerprint density at radius 1 is 1.12 bits per heavy atom. The van der Waals surface area contributed by atoms with E-state index < -0.39 is 17.4 Å². The van der Waals surface area contributed by atoms with Gasteiger partial charge in [0.2, 0.25) is 12.7 Å². The van der Waals surface area contributed by atoms with E-state index in [9.17, 15) is 19.8 Å². The molecule has 3 rings (SSSR count). The van der Waals surface area contributed by atoms with Crippen LogP contribution in [0.3, 0.4) is 0 Å². The molecule has 1 aromatic carbocycles. The van der Waals surface area contributed by atoms with Crippen molar-refractivity contribution < 1.29 is 29.3 Å². The second-order valence-corrected chi connectivity index (χ2v) is 9.12. The Balaban J connectivity index is 1.89. The molecular weight excluding hydrogens is 424 g/mol. The number of nitrogens with zero attached hydrogens (tertiary/aromatic N) is 2. The van der Waals surface area contributed by atoms with E-state index in [1.54, 1.807) is 6.07 Å². The van der Waals surface area contributed by atoms with Crippen LogP contribution in [0.2, 0.25) is 0 Å². The van der Waals surface area contributed by atoms with Crippen molar-refractivity contribution in [3.8, 4) is 11.5 Å². The van der Waals surface area contributed by atoms with Crippen molar-refractivity contribution >= 4 is 11.9 Å². The number of carboxylic acids is 1. The zero-order valence-electron chi connectivity index (χ0n) is 20.1. The van der Waals surface area contributed by atoms with Gasteiger partial charge in [0.25, 0.3) is 0 Å². The highest BCUT2D eigenvalue weighted by molar-refractivity contribution is 5.79. The van der Waals surface area contributed by atoms with Crippen molar-refractivity contribution in [1.82, 2.24) is 9.80 Å². The lowest BCUT2D eigenvalue weighted by Gasteiger charge is -2.39. The Kier molecular flexibility index (Phi) is 8.59. The summed E-state index contributed by atoms with van der Waals surface area (Å²) in [5, 5.41) is 20.7. The topological polar surface area (TPSA) is 99.5 Å². The van der Waals surface area contributed by atoms with E-state index in [4.69, 9.17) is 9.47 Å². The summed E-state index contributed by atoms with van der Waals surface area (Å²) in [5.41, 5.74) is -0.189. The van der Waals surface area contributed by atoms with Crippen molar-refractivity contribution in [2.45, 2.75) is 64.3 Å². The number of amides is 1. The van der Waals surface area contributed by atoms with Gasteiger partial charge in [-0.05, 0) is 37.0 Å². The molecule has 1 saturated heterocycles. The predicted molar refractivity (Wildman–Crippen MR) is 125 cm³/mol. The van der Waals surface area contributed by atoms with Crippen LogP contribution in [0.25, 0.3) is 0 Å². The van der Waals surface area contributed by atoms with E-state index in [-0.39, 0.29) is 31.8 Å². The van der Waals surface area contributed by atoms with Crippen molar-refractivity contribution in [2.24, 2.45) is 5.92 Å². The monoisotopic (exact) mass is 462 g/mol. The van der Waals surface area contributed by atoms with Crippen molar-refractivity contribution in [3.63, 3.8) is 0 Å². The fourth-order valence-corrected chi connectivity index (χ4v) is 5.24. The smallest absolute Gasteiger partial charge is 0.309 e. The summed E-state index contributed by atoms with van der Waals surface area (Å²) in [7, 11) is 0. The number of carbonyl (C=O) groups excluding carboxylic acids is 1. The van der Waals surface area contributed by atoms with Gasteiger partial charge in [-0.25, -0.2) is 0 Å². The maximum Gasteiger partial charge on any atom is 0.309 e. The van der Waals surface area contributed by atoms with Gasteiger partial charge in [0.15, 0.2) is 11.5 Å². The van der Waals surface area contributed by atoms with Gasteiger partial charge in [0, 0.05) is 25.6 Å². The van der Waals surface area contributed by atoms with Gasteiger partial charge in [0.1, 0.15) is 0 Å². The minimum absolute atomic E-state index is 0.00125. The standard InChI is InChI=1S/C25H38N2O6/c1-4-7-11-26(12-8-5-2)22(29)15-27-14-19(23(24(30)31)25(27,6-3)16-28)18-9-10-20-21(13-18)33-17-32-20/h9-10,13,19,23,28H,4-8,11-12,14-17H2,1-3H3,(H,30,31). The Hall–Kier alpha value is -2.32. The summed E-state index contributed by atoms with van der Waals surface area (Å²) in [6, 6.07) is 5.50. The maximum atomic E-state index is 13.3. The number of benzene rings is 1. The molecule has 0 spiro atoms. The normalized spacial score (nSPS) is 24.2. The summed E-state index contributed by atoms with van der Waals surface area (Å²) in [5.74, 6) is -0.947. The van der Waals surface area contributed by atoms with E-state index in [1.807, 2.05) is 28.9 Å². The van der Waals surface area contributed by atoms with Crippen molar-refractivity contribution in [1.29, 1.82) is 0 Å². The molecule has 2 N–H and O–H groups in total. The number of carbonyl (C=O) groups is 2. The molecule has 1 amide bonds. The summed E-state index contributed by atoms with van der Waals surface area (Å²) in [4.78, 5) is 29.6. The molecule has 0 radical (unpaired) electrons. The minimum Gasteiger partial charge on any atom is -0.481 e. The molecule has 0 aromatic heterocycles. The SMILES string of the molecule is CCCCN(CCCC)C(=O)CN1CC(c2ccc3c(c2)OCO3)C(C(=O)O)C1(CC)CO. The van der Waals surface area contributed by atoms with Crippen LogP contribution in [-0.4, -0.2) is 77.0 Å². The van der Waals surface area contributed by atoms with Gasteiger partial charge in [-0.2, -0.15) is 0 Å². The average molecular weight is 463 g/mol. The number of hydrogen-bond acceptors (Lipinski definition) is 6. The zero-order valence-corrected chi connectivity index (χ0v) is 20.1. The lowest BCUT2D eigenvalue weighted by molar-refractivity contribution is -0.148. The highest BCUT2D eigenvalue weighted by atomic mass is 16.7. The molecular formula is C25H38N2O6. The van der Waals surface area contributed by atoms with Crippen LogP contribution in [0, 0.1) is 5.92 Å². The third-order valence-electron chi connectivity index (χ3n) is 7.25. The summed E-state index contributed by atoms with van der Waals surface area (Å²) < 4.78 is 10.9. The van der Waals surface area contributed by atoms with E-state index in [1.165, 1.54) is 0 Å². The lowest BCUT2D eigenvalue weighted by Crippen LogP contribution is -2.55. The van der Waals surface area contributed by atoms with Crippen LogP contribution >= 0.6 is 0 Å². The Labute approximate surface area is 196 Å². The molecule has 8 heteroatoms. The third kappa shape index (κ3) is 5.11. The molecule has 2 aliphatic heterocycles. The largest absolute Gasteiger partial charge is 0.481 e. The Bertz CT molecular complexity index is 817. The van der Waals surface area contributed by atoms with Crippen LogP contribution < -0.4 is 9.47 Å². The molecule has 8 nitrogen and oxygen atoms in total. The lowest BCUT2D eigenvalue weighted by atomic mass is 9.76. The van der Waals surface area contributed by atoms with Gasteiger partial charge in [-0.1, -0.05) is 39.7 Å². The van der Waals surface area contributed by atoms with Gasteiger partial charge >= 0.3 is 5.97 Å². The molecule has 33 heavy (non-hydrogen) atoms. The fraction of sp³-hybridized carbons (Fsp3) is 0.680. The predicted octanol–water partition coefficient (Wildman–Crippen LogP) is 3.09. The number of aliphatic hydroxyl groups is 1. The third-order valence-corrected chi connectivity index (χ3v) is 7.25. The molecule has 3 atom stereocenters. The number of unbranched alkanes of at least 4 members (excludes halogenated alkanes) is 2. The zero-order chi connectivity index (χ0) is 24.0. The summed E-state index contributed by atoms with van der Waals surface area (Å²) in [6.07, 6.45) is 4.31.